The second-order valence-electron chi connectivity index (χ2n) is 8.10. The van der Waals surface area contributed by atoms with Gasteiger partial charge in [-0.2, -0.15) is 5.21 Å². The molecule has 2 fully saturated rings. The molecular formula is C20H32N6O5. The molecule has 172 valence electrons. The molecule has 0 spiro atoms. The molecule has 2 aliphatic rings. The number of nitrogens with zero attached hydrogens (tertiary/aromatic N) is 3. The number of esters is 2. The molecule has 0 radical (unpaired) electrons. The molecule has 0 bridgehead atoms. The lowest BCUT2D eigenvalue weighted by Gasteiger charge is -2.42. The zero-order valence-corrected chi connectivity index (χ0v) is 17.9. The summed E-state index contributed by atoms with van der Waals surface area (Å²) in [7, 11) is 0. The molecule has 1 saturated heterocycles. The van der Waals surface area contributed by atoms with Gasteiger partial charge in [0.1, 0.15) is 19.2 Å². The minimum absolute atomic E-state index is 0.0779. The molecule has 3 rings (SSSR count). The molecule has 2 heterocycles. The smallest absolute Gasteiger partial charge is 0.325 e. The van der Waals surface area contributed by atoms with Crippen molar-refractivity contribution in [3.63, 3.8) is 0 Å². The normalized spacial score (nSPS) is 28.2. The second kappa shape index (κ2) is 11.7. The van der Waals surface area contributed by atoms with Crippen molar-refractivity contribution in [2.24, 2.45) is 17.8 Å². The average Bonchev–Trinajstić information content (AvgIpc) is 3.30. The van der Waals surface area contributed by atoms with E-state index >= 15 is 0 Å². The van der Waals surface area contributed by atoms with Gasteiger partial charge in [0.05, 0.1) is 14.4 Å². The maximum Gasteiger partial charge on any atom is 0.325 e. The fourth-order valence-corrected chi connectivity index (χ4v) is 4.37. The summed E-state index contributed by atoms with van der Waals surface area (Å²) in [6, 6.07) is -1.50. The number of aryl methyl sites for hydroxylation is 1. The number of fused-ring (bicyclic) bond motifs is 1. The highest BCUT2D eigenvalue weighted by Crippen LogP contribution is 2.40. The third-order valence-corrected chi connectivity index (χ3v) is 6.00. The number of amides is 1. The third kappa shape index (κ3) is 7.27. The highest BCUT2D eigenvalue weighted by molar-refractivity contribution is 5.82. The molecule has 4 atom stereocenters. The van der Waals surface area contributed by atoms with E-state index in [0.29, 0.717) is 30.6 Å². The zero-order valence-electron chi connectivity index (χ0n) is 18.9. The summed E-state index contributed by atoms with van der Waals surface area (Å²) in [5, 5.41) is 19.5. The van der Waals surface area contributed by atoms with Crippen molar-refractivity contribution in [3.05, 3.63) is 5.82 Å². The first-order valence-electron chi connectivity index (χ1n) is 11.5. The van der Waals surface area contributed by atoms with E-state index in [4.69, 9.17) is 10.8 Å². The van der Waals surface area contributed by atoms with Crippen molar-refractivity contribution >= 4 is 17.8 Å². The fraction of sp³-hybridized carbons (Fsp3) is 0.800. The number of hydrogen-bond donors (Lipinski definition) is 3. The number of rotatable bonds is 10. The van der Waals surface area contributed by atoms with Crippen LogP contribution in [0.15, 0.2) is 0 Å². The van der Waals surface area contributed by atoms with Gasteiger partial charge in [-0.3, -0.25) is 14.4 Å². The minimum atomic E-state index is -1.50. The number of nitrogens with one attached hydrogen (secondary N) is 3. The largest absolute Gasteiger partial charge is 0.465 e. The second-order valence-corrected chi connectivity index (χ2v) is 8.10. The van der Waals surface area contributed by atoms with Crippen LogP contribution in [0.3, 0.4) is 0 Å². The van der Waals surface area contributed by atoms with E-state index in [1.54, 1.807) is 6.92 Å². The standard InChI is InChI=1S/C20H32N6O5/c1-2-30-19(28)12-22-18(27)7-8-31-20(29)16-10-15-9-13(3-5-14(15)11-21-16)4-6-17-23-25-26-24-17/h13-16,21H,2-12H2,1H3,(H,22,27)(H,23,24,25,26)/t13-,14+,15-,16+/m1/s1/i16D. The van der Waals surface area contributed by atoms with Crippen LogP contribution < -0.4 is 10.6 Å². The average molecular weight is 438 g/mol. The minimum Gasteiger partial charge on any atom is -0.465 e. The van der Waals surface area contributed by atoms with E-state index in [0.717, 1.165) is 32.1 Å². The molecule has 11 nitrogen and oxygen atoms in total. The Labute approximate surface area is 182 Å². The third-order valence-electron chi connectivity index (χ3n) is 6.00. The van der Waals surface area contributed by atoms with E-state index in [9.17, 15) is 14.4 Å². The Bertz CT molecular complexity index is 779. The van der Waals surface area contributed by atoms with Gasteiger partial charge in [0.15, 0.2) is 5.82 Å². The molecule has 31 heavy (non-hydrogen) atoms. The van der Waals surface area contributed by atoms with Crippen molar-refractivity contribution in [3.8, 4) is 0 Å². The van der Waals surface area contributed by atoms with Gasteiger partial charge >= 0.3 is 11.9 Å². The molecular weight excluding hydrogens is 404 g/mol. The first-order valence-corrected chi connectivity index (χ1v) is 11.0. The van der Waals surface area contributed by atoms with Gasteiger partial charge in [0.25, 0.3) is 0 Å². The Balaban J connectivity index is 1.40. The molecule has 1 amide bonds. The number of carbonyl (C=O) groups is 3. The molecule has 1 aromatic heterocycles. The van der Waals surface area contributed by atoms with Crippen LogP contribution in [0.25, 0.3) is 0 Å². The highest BCUT2D eigenvalue weighted by atomic mass is 16.5. The first-order chi connectivity index (χ1) is 15.4. The monoisotopic (exact) mass is 437 g/mol. The van der Waals surface area contributed by atoms with Crippen LogP contribution in [0, 0.1) is 17.8 Å². The Morgan fingerprint density at radius 2 is 2.10 bits per heavy atom. The van der Waals surface area contributed by atoms with Crippen LogP contribution in [0.2, 0.25) is 0 Å². The number of ether oxygens (including phenoxy) is 2. The summed E-state index contributed by atoms with van der Waals surface area (Å²) in [6.45, 7) is 2.17. The molecule has 1 aromatic rings. The van der Waals surface area contributed by atoms with Crippen molar-refractivity contribution < 1.29 is 25.2 Å². The van der Waals surface area contributed by atoms with Gasteiger partial charge in [-0.15, -0.1) is 10.2 Å². The number of H-pyrrole nitrogens is 1. The van der Waals surface area contributed by atoms with Crippen molar-refractivity contribution in [2.75, 3.05) is 26.3 Å². The number of aromatic nitrogens is 4. The van der Waals surface area contributed by atoms with Gasteiger partial charge in [0, 0.05) is 6.42 Å². The van der Waals surface area contributed by atoms with Crippen LogP contribution in [0.5, 0.6) is 0 Å². The van der Waals surface area contributed by atoms with Gasteiger partial charge in [0.2, 0.25) is 5.91 Å². The van der Waals surface area contributed by atoms with Crippen molar-refractivity contribution in [1.82, 2.24) is 31.3 Å². The molecule has 0 aromatic carbocycles. The molecule has 1 aliphatic heterocycles. The van der Waals surface area contributed by atoms with Gasteiger partial charge in [-0.1, -0.05) is 11.6 Å². The Morgan fingerprint density at radius 1 is 1.23 bits per heavy atom. The van der Waals surface area contributed by atoms with E-state index in [-0.39, 0.29) is 32.1 Å². The van der Waals surface area contributed by atoms with Crippen LogP contribution in [-0.4, -0.2) is 70.8 Å². The molecule has 3 N–H and O–H groups in total. The predicted octanol–water partition coefficient (Wildman–Crippen LogP) is 0.139. The molecule has 11 heteroatoms. The Morgan fingerprint density at radius 3 is 2.87 bits per heavy atom. The lowest BCUT2D eigenvalue weighted by molar-refractivity contribution is -0.149. The van der Waals surface area contributed by atoms with Gasteiger partial charge < -0.3 is 20.1 Å². The zero-order chi connectivity index (χ0) is 23.0. The maximum absolute atomic E-state index is 12.6. The summed E-state index contributed by atoms with van der Waals surface area (Å²) in [5.74, 6) is 0.348. The van der Waals surface area contributed by atoms with Crippen LogP contribution in [0.4, 0.5) is 0 Å². The lowest BCUT2D eigenvalue weighted by atomic mass is 9.69. The quantitative estimate of drug-likeness (QED) is 0.435. The first kappa shape index (κ1) is 21.7. The summed E-state index contributed by atoms with van der Waals surface area (Å²) in [4.78, 5) is 35.6. The number of aromatic amines is 1. The van der Waals surface area contributed by atoms with E-state index in [1.165, 1.54) is 0 Å². The number of tetrazole rings is 1. The SMILES string of the molecule is [2H][C@@]1(C(=O)OCCC(=O)NCC(=O)OCC)C[C@H]2C[C@@H](CCc3nn[nH]n3)CC[C@H]2CN1. The summed E-state index contributed by atoms with van der Waals surface area (Å²) in [5.41, 5.74) is 0. The number of carbonyl (C=O) groups excluding carboxylic acids is 3. The lowest BCUT2D eigenvalue weighted by Crippen LogP contribution is -2.50. The Hall–Kier alpha value is -2.56. The van der Waals surface area contributed by atoms with Crippen LogP contribution in [0.1, 0.15) is 52.6 Å². The number of hydrogen-bond acceptors (Lipinski definition) is 9. The van der Waals surface area contributed by atoms with Crippen molar-refractivity contribution in [1.29, 1.82) is 0 Å². The molecule has 1 saturated carbocycles. The van der Waals surface area contributed by atoms with E-state index < -0.39 is 23.9 Å². The van der Waals surface area contributed by atoms with Crippen LogP contribution >= 0.6 is 0 Å². The summed E-state index contributed by atoms with van der Waals surface area (Å²) >= 11 is 0. The summed E-state index contributed by atoms with van der Waals surface area (Å²) in [6.07, 6.45) is 5.21. The van der Waals surface area contributed by atoms with E-state index in [2.05, 4.69) is 31.3 Å². The maximum atomic E-state index is 12.6. The van der Waals surface area contributed by atoms with E-state index in [1.807, 2.05) is 0 Å². The topological polar surface area (TPSA) is 148 Å². The summed E-state index contributed by atoms with van der Waals surface area (Å²) < 4.78 is 18.6. The molecule has 1 aliphatic carbocycles. The Kier molecular flexibility index (Phi) is 8.20. The number of piperidine rings is 1. The van der Waals surface area contributed by atoms with Crippen LogP contribution in [-0.2, 0) is 30.3 Å². The molecule has 0 unspecified atom stereocenters. The van der Waals surface area contributed by atoms with Crippen molar-refractivity contribution in [2.45, 2.75) is 57.9 Å². The highest BCUT2D eigenvalue weighted by Gasteiger charge is 2.38. The van der Waals surface area contributed by atoms with Gasteiger partial charge in [-0.25, -0.2) is 0 Å². The fourth-order valence-electron chi connectivity index (χ4n) is 4.37. The van der Waals surface area contributed by atoms with Gasteiger partial charge in [-0.05, 0) is 56.9 Å². The predicted molar refractivity (Wildman–Crippen MR) is 108 cm³/mol.